The Kier molecular flexibility index (Phi) is 2.49. The Morgan fingerprint density at radius 1 is 1.50 bits per heavy atom. The lowest BCUT2D eigenvalue weighted by molar-refractivity contribution is -0.129. The molecule has 0 bridgehead atoms. The number of carbonyl (C=O) groups is 1. The first-order valence-corrected chi connectivity index (χ1v) is 5.39. The average molecular weight is 197 g/mol. The van der Waals surface area contributed by atoms with E-state index in [2.05, 4.69) is 0 Å². The highest BCUT2D eigenvalue weighted by molar-refractivity contribution is 5.78. The maximum Gasteiger partial charge on any atom is 0.236 e. The third-order valence-corrected chi connectivity index (χ3v) is 3.71. The van der Waals surface area contributed by atoms with Gasteiger partial charge in [0.05, 0.1) is 6.54 Å². The Morgan fingerprint density at radius 3 is 2.86 bits per heavy atom. The van der Waals surface area contributed by atoms with Gasteiger partial charge in [-0.3, -0.25) is 4.79 Å². The van der Waals surface area contributed by atoms with Crippen molar-refractivity contribution in [3.63, 3.8) is 0 Å². The molecule has 4 heteroatoms. The molecule has 0 aromatic carbocycles. The number of likely N-dealkylation sites (tertiary alicyclic amines) is 1. The van der Waals surface area contributed by atoms with E-state index in [1.54, 1.807) is 0 Å². The summed E-state index contributed by atoms with van der Waals surface area (Å²) in [7, 11) is 0. The number of hydrogen-bond donors (Lipinski definition) is 2. The van der Waals surface area contributed by atoms with Crippen LogP contribution < -0.4 is 11.5 Å². The Balaban J connectivity index is 1.97. The minimum atomic E-state index is 0.0855. The molecule has 1 spiro atoms. The molecule has 4 nitrogen and oxygen atoms in total. The summed E-state index contributed by atoms with van der Waals surface area (Å²) in [5.41, 5.74) is 11.6. The summed E-state index contributed by atoms with van der Waals surface area (Å²) in [5, 5.41) is 0. The van der Waals surface area contributed by atoms with E-state index in [0.717, 1.165) is 32.4 Å². The van der Waals surface area contributed by atoms with E-state index in [0.29, 0.717) is 11.5 Å². The third kappa shape index (κ3) is 1.64. The van der Waals surface area contributed by atoms with Crippen LogP contribution in [0.1, 0.15) is 25.7 Å². The summed E-state index contributed by atoms with van der Waals surface area (Å²) in [4.78, 5) is 13.3. The first kappa shape index (κ1) is 9.93. The molecule has 2 rings (SSSR count). The second-order valence-corrected chi connectivity index (χ2v) is 4.77. The summed E-state index contributed by atoms with van der Waals surface area (Å²) in [6.45, 7) is 1.90. The van der Waals surface area contributed by atoms with Crippen molar-refractivity contribution in [1.29, 1.82) is 0 Å². The fourth-order valence-electron chi connectivity index (χ4n) is 2.90. The van der Waals surface area contributed by atoms with Gasteiger partial charge in [-0.15, -0.1) is 0 Å². The molecule has 80 valence electrons. The van der Waals surface area contributed by atoms with Gasteiger partial charge in [0.1, 0.15) is 0 Å². The molecule has 0 radical (unpaired) electrons. The minimum Gasteiger partial charge on any atom is -0.341 e. The third-order valence-electron chi connectivity index (χ3n) is 3.71. The predicted molar refractivity (Wildman–Crippen MR) is 54.5 cm³/mol. The zero-order valence-electron chi connectivity index (χ0n) is 8.54. The van der Waals surface area contributed by atoms with Crippen molar-refractivity contribution in [2.75, 3.05) is 19.6 Å². The molecule has 0 unspecified atom stereocenters. The second kappa shape index (κ2) is 3.51. The molecular formula is C10H19N3O. The summed E-state index contributed by atoms with van der Waals surface area (Å²) < 4.78 is 0. The number of rotatable bonds is 1. The largest absolute Gasteiger partial charge is 0.341 e. The van der Waals surface area contributed by atoms with E-state index in [-0.39, 0.29) is 12.5 Å². The smallest absolute Gasteiger partial charge is 0.236 e. The molecule has 0 aromatic heterocycles. The zero-order valence-corrected chi connectivity index (χ0v) is 8.54. The Hall–Kier alpha value is -0.610. The van der Waals surface area contributed by atoms with E-state index in [1.165, 1.54) is 6.42 Å². The lowest BCUT2D eigenvalue weighted by Crippen LogP contribution is -2.36. The van der Waals surface area contributed by atoms with E-state index in [9.17, 15) is 4.79 Å². The molecule has 1 saturated heterocycles. The lowest BCUT2D eigenvalue weighted by Gasteiger charge is -2.23. The van der Waals surface area contributed by atoms with Crippen molar-refractivity contribution in [2.24, 2.45) is 16.9 Å². The monoisotopic (exact) mass is 197 g/mol. The molecule has 1 aliphatic carbocycles. The van der Waals surface area contributed by atoms with Crippen LogP contribution in [0.25, 0.3) is 0 Å². The first-order valence-electron chi connectivity index (χ1n) is 5.39. The van der Waals surface area contributed by atoms with Crippen LogP contribution in [0.3, 0.4) is 0 Å². The average Bonchev–Trinajstić information content (AvgIpc) is 2.74. The van der Waals surface area contributed by atoms with Crippen LogP contribution in [-0.2, 0) is 4.79 Å². The van der Waals surface area contributed by atoms with Crippen molar-refractivity contribution in [1.82, 2.24) is 4.90 Å². The number of nitrogens with two attached hydrogens (primary N) is 2. The van der Waals surface area contributed by atoms with E-state index in [4.69, 9.17) is 11.5 Å². The Labute approximate surface area is 84.6 Å². The van der Waals surface area contributed by atoms with Crippen molar-refractivity contribution in [3.05, 3.63) is 0 Å². The highest BCUT2D eigenvalue weighted by Crippen LogP contribution is 2.44. The molecule has 2 fully saturated rings. The van der Waals surface area contributed by atoms with Gasteiger partial charge in [-0.2, -0.15) is 0 Å². The topological polar surface area (TPSA) is 72.4 Å². The molecule has 0 aromatic rings. The quantitative estimate of drug-likeness (QED) is 0.605. The SMILES string of the molecule is NCC(=O)N1CC[C@]2(CC[C@@H](N)C2)C1. The van der Waals surface area contributed by atoms with Crippen LogP contribution in [0, 0.1) is 5.41 Å². The van der Waals surface area contributed by atoms with Gasteiger partial charge >= 0.3 is 0 Å². The van der Waals surface area contributed by atoms with Gasteiger partial charge in [-0.25, -0.2) is 0 Å². The van der Waals surface area contributed by atoms with E-state index >= 15 is 0 Å². The maximum absolute atomic E-state index is 11.4. The van der Waals surface area contributed by atoms with Crippen molar-refractivity contribution < 1.29 is 4.79 Å². The van der Waals surface area contributed by atoms with Crippen LogP contribution in [0.2, 0.25) is 0 Å². The summed E-state index contributed by atoms with van der Waals surface area (Å²) >= 11 is 0. The highest BCUT2D eigenvalue weighted by Gasteiger charge is 2.43. The molecule has 2 aliphatic rings. The van der Waals surface area contributed by atoms with Gasteiger partial charge < -0.3 is 16.4 Å². The van der Waals surface area contributed by atoms with Gasteiger partial charge in [0, 0.05) is 19.1 Å². The number of carbonyl (C=O) groups excluding carboxylic acids is 1. The second-order valence-electron chi connectivity index (χ2n) is 4.77. The normalized spacial score (nSPS) is 37.0. The summed E-state index contributed by atoms with van der Waals surface area (Å²) in [6.07, 6.45) is 4.50. The lowest BCUT2D eigenvalue weighted by atomic mass is 9.85. The number of amides is 1. The zero-order chi connectivity index (χ0) is 10.2. The molecule has 1 amide bonds. The highest BCUT2D eigenvalue weighted by atomic mass is 16.2. The van der Waals surface area contributed by atoms with Crippen LogP contribution >= 0.6 is 0 Å². The van der Waals surface area contributed by atoms with Crippen LogP contribution in [-0.4, -0.2) is 36.5 Å². The van der Waals surface area contributed by atoms with Gasteiger partial charge in [-0.1, -0.05) is 0 Å². The van der Waals surface area contributed by atoms with Crippen LogP contribution in [0.5, 0.6) is 0 Å². The van der Waals surface area contributed by atoms with Crippen LogP contribution in [0.4, 0.5) is 0 Å². The minimum absolute atomic E-state index is 0.0855. The standard InChI is InChI=1S/C10H19N3O/c11-6-9(14)13-4-3-10(7-13)2-1-8(12)5-10/h8H,1-7,11-12H2/t8-,10+/m1/s1. The molecule has 4 N–H and O–H groups in total. The van der Waals surface area contributed by atoms with Crippen molar-refractivity contribution in [3.8, 4) is 0 Å². The maximum atomic E-state index is 11.4. The Morgan fingerprint density at radius 2 is 2.29 bits per heavy atom. The van der Waals surface area contributed by atoms with E-state index in [1.807, 2.05) is 4.90 Å². The number of nitrogens with zero attached hydrogens (tertiary/aromatic N) is 1. The fourth-order valence-corrected chi connectivity index (χ4v) is 2.90. The van der Waals surface area contributed by atoms with Gasteiger partial charge in [0.15, 0.2) is 0 Å². The molecule has 14 heavy (non-hydrogen) atoms. The molecule has 1 heterocycles. The van der Waals surface area contributed by atoms with Crippen molar-refractivity contribution >= 4 is 5.91 Å². The fraction of sp³-hybridized carbons (Fsp3) is 0.900. The molecule has 2 atom stereocenters. The summed E-state index contributed by atoms with van der Waals surface area (Å²) in [5.74, 6) is 0.0855. The van der Waals surface area contributed by atoms with Crippen LogP contribution in [0.15, 0.2) is 0 Å². The number of hydrogen-bond acceptors (Lipinski definition) is 3. The predicted octanol–water partition coefficient (Wildman–Crippen LogP) is -0.325. The molecular weight excluding hydrogens is 178 g/mol. The van der Waals surface area contributed by atoms with Gasteiger partial charge in [-0.05, 0) is 31.1 Å². The van der Waals surface area contributed by atoms with Crippen molar-refractivity contribution in [2.45, 2.75) is 31.7 Å². The summed E-state index contributed by atoms with van der Waals surface area (Å²) in [6, 6.07) is 0.350. The molecule has 1 aliphatic heterocycles. The van der Waals surface area contributed by atoms with Gasteiger partial charge in [0.25, 0.3) is 0 Å². The first-order chi connectivity index (χ1) is 6.65. The van der Waals surface area contributed by atoms with E-state index < -0.39 is 0 Å². The Bertz CT molecular complexity index is 244. The molecule has 1 saturated carbocycles. The van der Waals surface area contributed by atoms with Gasteiger partial charge in [0.2, 0.25) is 5.91 Å².